The van der Waals surface area contributed by atoms with Gasteiger partial charge in [0.1, 0.15) is 4.88 Å². The second-order valence-electron chi connectivity index (χ2n) is 2.60. The van der Waals surface area contributed by atoms with Gasteiger partial charge in [0.2, 0.25) is 0 Å². The number of halogens is 1. The summed E-state index contributed by atoms with van der Waals surface area (Å²) < 4.78 is 3.72. The van der Waals surface area contributed by atoms with Gasteiger partial charge in [0.15, 0.2) is 0 Å². The predicted molar refractivity (Wildman–Crippen MR) is 56.6 cm³/mol. The van der Waals surface area contributed by atoms with Crippen LogP contribution in [0.4, 0.5) is 0 Å². The number of hydrogen-bond donors (Lipinski definition) is 1. The Bertz CT molecular complexity index is 350. The number of aryl methyl sites for hydroxylation is 1. The monoisotopic (exact) mass is 231 g/mol. The molecular weight excluding hydrogens is 222 g/mol. The molecular formula is C8H10ClN3OS. The normalized spacial score (nSPS) is 9.86. The van der Waals surface area contributed by atoms with Crippen LogP contribution < -0.4 is 5.32 Å². The van der Waals surface area contributed by atoms with Crippen molar-refractivity contribution in [3.05, 3.63) is 22.2 Å². The molecule has 0 fully saturated rings. The average molecular weight is 232 g/mol. The third kappa shape index (κ3) is 2.78. The summed E-state index contributed by atoms with van der Waals surface area (Å²) in [7, 11) is 0. The highest BCUT2D eigenvalue weighted by Crippen LogP contribution is 2.10. The summed E-state index contributed by atoms with van der Waals surface area (Å²) in [5, 5.41) is 6.85. The molecule has 0 unspecified atom stereocenters. The zero-order valence-electron chi connectivity index (χ0n) is 7.71. The van der Waals surface area contributed by atoms with E-state index in [1.54, 1.807) is 0 Å². The van der Waals surface area contributed by atoms with Gasteiger partial charge in [-0.25, -0.2) is 0 Å². The molecule has 0 aliphatic heterocycles. The molecule has 0 aliphatic rings. The van der Waals surface area contributed by atoms with Crippen LogP contribution in [-0.4, -0.2) is 22.0 Å². The molecule has 0 aromatic carbocycles. The minimum Gasteiger partial charge on any atom is -0.346 e. The summed E-state index contributed by atoms with van der Waals surface area (Å²) in [4.78, 5) is 12.1. The zero-order chi connectivity index (χ0) is 10.6. The van der Waals surface area contributed by atoms with Crippen LogP contribution in [0.2, 0.25) is 0 Å². The van der Waals surface area contributed by atoms with Crippen LogP contribution in [0.1, 0.15) is 22.3 Å². The number of rotatable bonds is 4. The average Bonchev–Trinajstić information content (AvgIpc) is 2.61. The van der Waals surface area contributed by atoms with Gasteiger partial charge in [-0.3, -0.25) is 4.79 Å². The predicted octanol–water partition coefficient (Wildman–Crippen LogP) is 1.58. The summed E-state index contributed by atoms with van der Waals surface area (Å²) >= 11 is 6.61. The van der Waals surface area contributed by atoms with E-state index in [1.165, 1.54) is 0 Å². The van der Waals surface area contributed by atoms with Crippen LogP contribution in [0.15, 0.2) is 11.6 Å². The van der Waals surface area contributed by atoms with Crippen molar-refractivity contribution in [3.63, 3.8) is 0 Å². The van der Waals surface area contributed by atoms with E-state index in [2.05, 4.69) is 21.5 Å². The molecule has 4 nitrogen and oxygen atoms in total. The van der Waals surface area contributed by atoms with Crippen molar-refractivity contribution in [2.24, 2.45) is 0 Å². The summed E-state index contributed by atoms with van der Waals surface area (Å²) in [6.45, 7) is 5.66. The maximum Gasteiger partial charge on any atom is 0.265 e. The molecule has 1 N–H and O–H groups in total. The van der Waals surface area contributed by atoms with E-state index in [1.807, 2.05) is 6.92 Å². The van der Waals surface area contributed by atoms with Gasteiger partial charge in [0.25, 0.3) is 5.91 Å². The van der Waals surface area contributed by atoms with E-state index in [-0.39, 0.29) is 12.5 Å². The second-order valence-corrected chi connectivity index (χ2v) is 3.89. The van der Waals surface area contributed by atoms with E-state index in [0.29, 0.717) is 22.0 Å². The summed E-state index contributed by atoms with van der Waals surface area (Å²) in [6.07, 6.45) is 0.696. The van der Waals surface area contributed by atoms with Gasteiger partial charge in [0.05, 0.1) is 12.2 Å². The molecule has 1 aromatic heterocycles. The van der Waals surface area contributed by atoms with Crippen molar-refractivity contribution in [1.82, 2.24) is 14.9 Å². The van der Waals surface area contributed by atoms with E-state index in [4.69, 9.17) is 11.6 Å². The smallest absolute Gasteiger partial charge is 0.265 e. The number of nitrogens with zero attached hydrogens (tertiary/aromatic N) is 2. The lowest BCUT2D eigenvalue weighted by molar-refractivity contribution is 0.0960. The minimum absolute atomic E-state index is 0.196. The molecule has 1 aromatic rings. The number of nitrogens with one attached hydrogen (secondary N) is 1. The van der Waals surface area contributed by atoms with Gasteiger partial charge in [-0.2, -0.15) is 0 Å². The number of carbonyl (C=O) groups excluding carboxylic acids is 1. The van der Waals surface area contributed by atoms with Gasteiger partial charge < -0.3 is 5.32 Å². The van der Waals surface area contributed by atoms with Gasteiger partial charge in [-0.05, 0) is 18.0 Å². The molecule has 0 spiro atoms. The first-order valence-electron chi connectivity index (χ1n) is 4.07. The van der Waals surface area contributed by atoms with E-state index >= 15 is 0 Å². The van der Waals surface area contributed by atoms with Gasteiger partial charge in [-0.15, -0.1) is 5.10 Å². The molecule has 1 heterocycles. The fraction of sp³-hybridized carbons (Fsp3) is 0.375. The lowest BCUT2D eigenvalue weighted by atomic mass is 10.3. The molecule has 1 rings (SSSR count). The molecule has 0 atom stereocenters. The van der Waals surface area contributed by atoms with Crippen molar-refractivity contribution >= 4 is 29.0 Å². The third-order valence-corrected chi connectivity index (χ3v) is 2.44. The maximum atomic E-state index is 11.5. The van der Waals surface area contributed by atoms with Crippen molar-refractivity contribution in [2.45, 2.75) is 13.3 Å². The van der Waals surface area contributed by atoms with Crippen LogP contribution in [0.5, 0.6) is 0 Å². The third-order valence-electron chi connectivity index (χ3n) is 1.54. The molecule has 0 bridgehead atoms. The fourth-order valence-corrected chi connectivity index (χ4v) is 1.60. The number of aromatic nitrogens is 2. The van der Waals surface area contributed by atoms with Gasteiger partial charge in [-0.1, -0.05) is 29.6 Å². The Kier molecular flexibility index (Phi) is 4.03. The van der Waals surface area contributed by atoms with Crippen molar-refractivity contribution in [3.8, 4) is 0 Å². The summed E-state index contributed by atoms with van der Waals surface area (Å²) in [5.41, 5.74) is 0.715. The molecule has 1 amide bonds. The maximum absolute atomic E-state index is 11.5. The van der Waals surface area contributed by atoms with E-state index in [9.17, 15) is 4.79 Å². The Morgan fingerprint density at radius 1 is 1.71 bits per heavy atom. The number of carbonyl (C=O) groups is 1. The minimum atomic E-state index is -0.196. The molecule has 0 saturated carbocycles. The Hall–Kier alpha value is -0.940. The highest BCUT2D eigenvalue weighted by atomic mass is 35.5. The molecule has 14 heavy (non-hydrogen) atoms. The lowest BCUT2D eigenvalue weighted by Gasteiger charge is -2.01. The Labute approximate surface area is 91.1 Å². The molecule has 76 valence electrons. The van der Waals surface area contributed by atoms with Crippen LogP contribution in [0.25, 0.3) is 0 Å². The van der Waals surface area contributed by atoms with Crippen molar-refractivity contribution < 1.29 is 4.79 Å². The van der Waals surface area contributed by atoms with Gasteiger partial charge in [0, 0.05) is 5.03 Å². The Balaban J connectivity index is 2.64. The summed E-state index contributed by atoms with van der Waals surface area (Å²) in [5.74, 6) is -0.196. The van der Waals surface area contributed by atoms with Crippen LogP contribution in [-0.2, 0) is 6.42 Å². The topological polar surface area (TPSA) is 54.9 Å². The standard InChI is InChI=1S/C8H10ClN3OS/c1-3-6-7(14-12-11-6)8(13)10-4-5(2)9/h2-4H2,1H3,(H,10,13). The zero-order valence-corrected chi connectivity index (χ0v) is 9.28. The highest BCUT2D eigenvalue weighted by Gasteiger charge is 2.14. The first kappa shape index (κ1) is 11.1. The number of hydrogen-bond acceptors (Lipinski definition) is 4. The largest absolute Gasteiger partial charge is 0.346 e. The molecule has 0 aliphatic carbocycles. The first-order chi connectivity index (χ1) is 6.65. The lowest BCUT2D eigenvalue weighted by Crippen LogP contribution is -2.24. The van der Waals surface area contributed by atoms with Crippen LogP contribution >= 0.6 is 23.1 Å². The highest BCUT2D eigenvalue weighted by molar-refractivity contribution is 7.08. The van der Waals surface area contributed by atoms with Crippen LogP contribution in [0.3, 0.4) is 0 Å². The van der Waals surface area contributed by atoms with Crippen molar-refractivity contribution in [2.75, 3.05) is 6.54 Å². The Morgan fingerprint density at radius 2 is 2.43 bits per heavy atom. The quantitative estimate of drug-likeness (QED) is 0.856. The van der Waals surface area contributed by atoms with Crippen LogP contribution in [0, 0.1) is 0 Å². The first-order valence-corrected chi connectivity index (χ1v) is 5.23. The molecule has 0 saturated heterocycles. The van der Waals surface area contributed by atoms with E-state index < -0.39 is 0 Å². The van der Waals surface area contributed by atoms with Crippen molar-refractivity contribution in [1.29, 1.82) is 0 Å². The SMILES string of the molecule is C=C(Cl)CNC(=O)c1snnc1CC. The molecule has 6 heteroatoms. The molecule has 0 radical (unpaired) electrons. The van der Waals surface area contributed by atoms with E-state index in [0.717, 1.165) is 11.5 Å². The Morgan fingerprint density at radius 3 is 3.00 bits per heavy atom. The second kappa shape index (κ2) is 5.07. The fourth-order valence-electron chi connectivity index (χ4n) is 0.869. The van der Waals surface area contributed by atoms with Gasteiger partial charge >= 0.3 is 0 Å². The summed E-state index contributed by atoms with van der Waals surface area (Å²) in [6, 6.07) is 0. The number of amides is 1.